The SMILES string of the molecule is CCOC1N(c2ccccc2)c2nc3c(nc2N1c1ccccc1)CCCC3.[Ir].[c-]1ccccc1N1[CH-]N(c2ccccc2)c2nc3c(nc21)CCCC3. The number of hydrogen-bond donors (Lipinski definition) is 0. The number of fused-ring (bicyclic) bond motifs is 4. The molecule has 0 fully saturated rings. The van der Waals surface area contributed by atoms with Crippen molar-refractivity contribution in [3.63, 3.8) is 0 Å². The number of aryl methyl sites for hydroxylation is 4. The van der Waals surface area contributed by atoms with Crippen LogP contribution in [-0.2, 0) is 50.5 Å². The fourth-order valence-corrected chi connectivity index (χ4v) is 7.60. The number of benzene rings is 4. The van der Waals surface area contributed by atoms with Gasteiger partial charge in [0.15, 0.2) is 11.6 Å². The smallest absolute Gasteiger partial charge is 0.221 e. The van der Waals surface area contributed by atoms with Crippen molar-refractivity contribution in [2.24, 2.45) is 0 Å². The number of hydrogen-bond acceptors (Lipinski definition) is 9. The summed E-state index contributed by atoms with van der Waals surface area (Å²) in [5.74, 6) is 3.57. The van der Waals surface area contributed by atoms with E-state index in [-0.39, 0.29) is 26.5 Å². The van der Waals surface area contributed by atoms with Crippen LogP contribution in [0.3, 0.4) is 0 Å². The zero-order valence-corrected chi connectivity index (χ0v) is 32.7. The summed E-state index contributed by atoms with van der Waals surface area (Å²) >= 11 is 0. The summed E-state index contributed by atoms with van der Waals surface area (Å²) in [6.45, 7) is 4.70. The predicted molar refractivity (Wildman–Crippen MR) is 210 cm³/mol. The molecule has 0 atom stereocenters. The van der Waals surface area contributed by atoms with E-state index >= 15 is 0 Å². The van der Waals surface area contributed by atoms with Gasteiger partial charge >= 0.3 is 0 Å². The van der Waals surface area contributed by atoms with Crippen LogP contribution < -0.4 is 19.6 Å². The minimum atomic E-state index is -0.311. The maximum Gasteiger partial charge on any atom is 0.221 e. The second-order valence-corrected chi connectivity index (χ2v) is 13.6. The largest absolute Gasteiger partial charge is 0.477 e. The Morgan fingerprint density at radius 2 is 0.981 bits per heavy atom. The molecule has 0 unspecified atom stereocenters. The average Bonchev–Trinajstić information content (AvgIpc) is 3.75. The van der Waals surface area contributed by atoms with Gasteiger partial charge in [-0.2, -0.15) is 30.3 Å². The van der Waals surface area contributed by atoms with Gasteiger partial charge in [0.2, 0.25) is 6.35 Å². The molecule has 10 heteroatoms. The summed E-state index contributed by atoms with van der Waals surface area (Å²) in [7, 11) is 0. The normalized spacial score (nSPS) is 15.7. The molecule has 1 radical (unpaired) electrons. The van der Waals surface area contributed by atoms with Crippen LogP contribution in [0.25, 0.3) is 0 Å². The summed E-state index contributed by atoms with van der Waals surface area (Å²) in [5.41, 5.74) is 8.76. The summed E-state index contributed by atoms with van der Waals surface area (Å²) < 4.78 is 6.25. The first-order valence-corrected chi connectivity index (χ1v) is 18.8. The standard InChI is InChI=1S/C23H24N4O.C21H18N4.Ir/c1-2-28-23-26(17-11-5-3-6-12-17)21-22(27(23)18-13-7-4-8-14-18)25-20-16-10-9-15-19(20)24-21;1-3-9-16(10-4-1)24-15-25(17-11-5-2-6-12-17)21-20(24)22-18-13-7-8-14-19(18)23-21;/h3-8,11-14,23H,2,9-10,15-16H2,1H3;1-6,9-11,15H,7-8,13-14H2;/q;-2;. The number of para-hydroxylation sites is 4. The van der Waals surface area contributed by atoms with Crippen LogP contribution in [0.5, 0.6) is 0 Å². The molecule has 275 valence electrons. The monoisotopic (exact) mass is 891 g/mol. The first-order valence-electron chi connectivity index (χ1n) is 18.8. The van der Waals surface area contributed by atoms with E-state index in [0.717, 1.165) is 94.5 Å². The quantitative estimate of drug-likeness (QED) is 0.152. The molecule has 0 amide bonds. The summed E-state index contributed by atoms with van der Waals surface area (Å²) in [5, 5.41) is 0. The molecular formula is C44H42IrN8O-2. The van der Waals surface area contributed by atoms with Crippen molar-refractivity contribution in [2.45, 2.75) is 64.6 Å². The molecule has 10 rings (SSSR count). The van der Waals surface area contributed by atoms with Gasteiger partial charge in [0.05, 0.1) is 22.8 Å². The first-order chi connectivity index (χ1) is 26.3. The summed E-state index contributed by atoms with van der Waals surface area (Å²) in [6, 6.07) is 42.3. The number of anilines is 8. The van der Waals surface area contributed by atoms with Crippen LogP contribution in [-0.4, -0.2) is 32.9 Å². The van der Waals surface area contributed by atoms with Gasteiger partial charge in [-0.05, 0) is 94.7 Å². The van der Waals surface area contributed by atoms with E-state index in [1.54, 1.807) is 0 Å². The maximum atomic E-state index is 6.25. The van der Waals surface area contributed by atoms with E-state index < -0.39 is 0 Å². The van der Waals surface area contributed by atoms with Crippen molar-refractivity contribution in [2.75, 3.05) is 26.2 Å². The Morgan fingerprint density at radius 3 is 1.43 bits per heavy atom. The molecule has 4 heterocycles. The Balaban J connectivity index is 0.000000151. The van der Waals surface area contributed by atoms with E-state index in [0.29, 0.717) is 6.61 Å². The predicted octanol–water partition coefficient (Wildman–Crippen LogP) is 9.53. The summed E-state index contributed by atoms with van der Waals surface area (Å²) in [6.07, 6.45) is 8.50. The fraction of sp³-hybridized carbons (Fsp3) is 0.250. The van der Waals surface area contributed by atoms with Crippen molar-refractivity contribution in [1.82, 2.24) is 19.9 Å². The third-order valence-corrected chi connectivity index (χ3v) is 10.1. The van der Waals surface area contributed by atoms with Crippen molar-refractivity contribution >= 4 is 46.0 Å². The van der Waals surface area contributed by atoms with Crippen LogP contribution >= 0.6 is 0 Å². The second kappa shape index (κ2) is 16.1. The number of rotatable bonds is 6. The molecule has 0 saturated heterocycles. The van der Waals surface area contributed by atoms with E-state index in [1.807, 2.05) is 55.5 Å². The molecular weight excluding hydrogens is 849 g/mol. The zero-order valence-electron chi connectivity index (χ0n) is 30.3. The van der Waals surface area contributed by atoms with Crippen LogP contribution in [0.4, 0.5) is 46.0 Å². The Morgan fingerprint density at radius 1 is 0.556 bits per heavy atom. The minimum absolute atomic E-state index is 0. The van der Waals surface area contributed by atoms with Crippen LogP contribution in [0.2, 0.25) is 0 Å². The molecule has 2 aliphatic heterocycles. The molecule has 9 nitrogen and oxygen atoms in total. The van der Waals surface area contributed by atoms with Gasteiger partial charge in [0, 0.05) is 43.8 Å². The average molecular weight is 891 g/mol. The van der Waals surface area contributed by atoms with Gasteiger partial charge in [0.1, 0.15) is 11.6 Å². The van der Waals surface area contributed by atoms with E-state index in [1.165, 1.54) is 25.7 Å². The fourth-order valence-electron chi connectivity index (χ4n) is 7.60. The molecule has 0 saturated carbocycles. The Labute approximate surface area is 331 Å². The Kier molecular flexibility index (Phi) is 10.7. The van der Waals surface area contributed by atoms with Crippen LogP contribution in [0.15, 0.2) is 115 Å². The van der Waals surface area contributed by atoms with Crippen molar-refractivity contribution in [1.29, 1.82) is 0 Å². The van der Waals surface area contributed by atoms with Gasteiger partial charge in [-0.1, -0.05) is 54.6 Å². The number of aromatic nitrogens is 4. The van der Waals surface area contributed by atoms with Crippen molar-refractivity contribution in [3.05, 3.63) is 151 Å². The second-order valence-electron chi connectivity index (χ2n) is 13.6. The minimum Gasteiger partial charge on any atom is -0.477 e. The molecule has 54 heavy (non-hydrogen) atoms. The number of ether oxygens (including phenoxy) is 1. The van der Waals surface area contributed by atoms with Gasteiger partial charge in [-0.15, -0.1) is 12.4 Å². The summed E-state index contributed by atoms with van der Waals surface area (Å²) in [4.78, 5) is 28.8. The molecule has 4 aliphatic rings. The van der Waals surface area contributed by atoms with E-state index in [4.69, 9.17) is 24.7 Å². The topological polar surface area (TPSA) is 73.8 Å². The Hall–Kier alpha value is -5.15. The molecule has 0 bridgehead atoms. The van der Waals surface area contributed by atoms with Gasteiger partial charge in [-0.25, -0.2) is 19.9 Å². The molecule has 0 N–H and O–H groups in total. The third-order valence-electron chi connectivity index (χ3n) is 10.1. The van der Waals surface area contributed by atoms with Crippen molar-refractivity contribution < 1.29 is 24.8 Å². The van der Waals surface area contributed by atoms with Gasteiger partial charge in [0.25, 0.3) is 0 Å². The van der Waals surface area contributed by atoms with E-state index in [9.17, 15) is 0 Å². The van der Waals surface area contributed by atoms with Gasteiger partial charge in [-0.3, -0.25) is 9.80 Å². The number of nitrogens with zero attached hydrogens (tertiary/aromatic N) is 8. The first kappa shape index (κ1) is 35.9. The molecule has 4 aromatic carbocycles. The van der Waals surface area contributed by atoms with Crippen LogP contribution in [0, 0.1) is 12.7 Å². The van der Waals surface area contributed by atoms with Gasteiger partial charge < -0.3 is 14.5 Å². The van der Waals surface area contributed by atoms with E-state index in [2.05, 4.69) is 99.1 Å². The van der Waals surface area contributed by atoms with Crippen LogP contribution in [0.1, 0.15) is 55.4 Å². The molecule has 6 aromatic rings. The Bertz CT molecular complexity index is 2020. The molecule has 2 aliphatic carbocycles. The third kappa shape index (κ3) is 6.86. The van der Waals surface area contributed by atoms with Crippen molar-refractivity contribution in [3.8, 4) is 0 Å². The molecule has 2 aromatic heterocycles. The molecule has 0 spiro atoms. The zero-order chi connectivity index (χ0) is 35.6. The maximum absolute atomic E-state index is 6.25.